The normalized spacial score (nSPS) is 11.6. The number of hydrogen-bond acceptors (Lipinski definition) is 3. The number of aryl methyl sites for hydroxylation is 1. The van der Waals surface area contributed by atoms with Crippen LogP contribution in [0.25, 0.3) is 0 Å². The third-order valence-corrected chi connectivity index (χ3v) is 3.23. The number of carbonyl (C=O) groups is 1. The van der Waals surface area contributed by atoms with Gasteiger partial charge in [0.2, 0.25) is 0 Å². The van der Waals surface area contributed by atoms with Crippen molar-refractivity contribution in [1.29, 1.82) is 0 Å². The second kappa shape index (κ2) is 6.38. The molecular weight excluding hydrogens is 298 g/mol. The van der Waals surface area contributed by atoms with Gasteiger partial charge in [0.15, 0.2) is 10.4 Å². The summed E-state index contributed by atoms with van der Waals surface area (Å²) in [5.74, 6) is 0.156. The lowest BCUT2D eigenvalue weighted by Crippen LogP contribution is -2.26. The molecule has 0 unspecified atom stereocenters. The van der Waals surface area contributed by atoms with Crippen molar-refractivity contribution in [2.45, 2.75) is 33.6 Å². The minimum absolute atomic E-state index is 0.0889. The fourth-order valence-electron chi connectivity index (χ4n) is 1.60. The van der Waals surface area contributed by atoms with Gasteiger partial charge in [0.05, 0.1) is 0 Å². The van der Waals surface area contributed by atoms with E-state index in [0.29, 0.717) is 17.0 Å². The van der Waals surface area contributed by atoms with Crippen molar-refractivity contribution in [1.82, 2.24) is 5.32 Å². The summed E-state index contributed by atoms with van der Waals surface area (Å²) < 4.78 is 5.82. The molecule has 0 aliphatic carbocycles. The molecule has 102 valence electrons. The maximum absolute atomic E-state index is 11.8. The molecule has 0 atom stereocenters. The van der Waals surface area contributed by atoms with E-state index >= 15 is 0 Å². The molecule has 0 fully saturated rings. The number of hydrogen-bond donors (Lipinski definition) is 2. The molecule has 18 heavy (non-hydrogen) atoms. The average molecular weight is 318 g/mol. The number of aliphatic hydroxyl groups is 1. The van der Waals surface area contributed by atoms with Crippen LogP contribution in [0, 0.1) is 12.3 Å². The maximum Gasteiger partial charge on any atom is 0.287 e. The standard InChI is InChI=1S/C13H20BrNO3/c1-9-7-10(14)18-11(9)12(17)15-6-4-5-13(2,3)8-16/h7,16H,4-6,8H2,1-3H3,(H,15,17). The van der Waals surface area contributed by atoms with Crippen LogP contribution in [0.4, 0.5) is 0 Å². The fourth-order valence-corrected chi connectivity index (χ4v) is 2.10. The van der Waals surface area contributed by atoms with Crippen LogP contribution in [-0.4, -0.2) is 24.2 Å². The molecule has 1 aromatic rings. The Morgan fingerprint density at radius 2 is 2.22 bits per heavy atom. The SMILES string of the molecule is Cc1cc(Br)oc1C(=O)NCCCC(C)(C)CO. The van der Waals surface area contributed by atoms with E-state index in [1.807, 2.05) is 20.8 Å². The topological polar surface area (TPSA) is 62.5 Å². The molecule has 1 rings (SSSR count). The monoisotopic (exact) mass is 317 g/mol. The van der Waals surface area contributed by atoms with E-state index in [2.05, 4.69) is 21.2 Å². The lowest BCUT2D eigenvalue weighted by Gasteiger charge is -2.21. The van der Waals surface area contributed by atoms with Gasteiger partial charge < -0.3 is 14.8 Å². The zero-order valence-corrected chi connectivity index (χ0v) is 12.6. The van der Waals surface area contributed by atoms with E-state index in [9.17, 15) is 4.79 Å². The van der Waals surface area contributed by atoms with Crippen LogP contribution in [0.15, 0.2) is 15.2 Å². The quantitative estimate of drug-likeness (QED) is 0.793. The Morgan fingerprint density at radius 1 is 1.56 bits per heavy atom. The number of aliphatic hydroxyl groups excluding tert-OH is 1. The zero-order chi connectivity index (χ0) is 13.8. The predicted octanol–water partition coefficient (Wildman–Crippen LogP) is 2.88. The first kappa shape index (κ1) is 15.2. The molecule has 1 aromatic heterocycles. The van der Waals surface area contributed by atoms with E-state index in [1.54, 1.807) is 6.07 Å². The van der Waals surface area contributed by atoms with Crippen LogP contribution in [0.3, 0.4) is 0 Å². The van der Waals surface area contributed by atoms with Crippen LogP contribution in [0.1, 0.15) is 42.8 Å². The largest absolute Gasteiger partial charge is 0.444 e. The molecule has 2 N–H and O–H groups in total. The van der Waals surface area contributed by atoms with Crippen molar-refractivity contribution in [2.75, 3.05) is 13.2 Å². The Hall–Kier alpha value is -0.810. The molecule has 1 heterocycles. The first-order valence-corrected chi connectivity index (χ1v) is 6.80. The summed E-state index contributed by atoms with van der Waals surface area (Å²) in [4.78, 5) is 11.8. The number of carbonyl (C=O) groups excluding carboxylic acids is 1. The number of furan rings is 1. The second-order valence-electron chi connectivity index (χ2n) is 5.24. The lowest BCUT2D eigenvalue weighted by atomic mass is 9.89. The number of halogens is 1. The van der Waals surface area contributed by atoms with Crippen LogP contribution < -0.4 is 5.32 Å². The number of nitrogens with one attached hydrogen (secondary N) is 1. The molecule has 4 nitrogen and oxygen atoms in total. The minimum Gasteiger partial charge on any atom is -0.444 e. The van der Waals surface area contributed by atoms with Crippen molar-refractivity contribution in [3.8, 4) is 0 Å². The van der Waals surface area contributed by atoms with Crippen molar-refractivity contribution in [3.05, 3.63) is 22.1 Å². The van der Waals surface area contributed by atoms with Gasteiger partial charge >= 0.3 is 0 Å². The van der Waals surface area contributed by atoms with Gasteiger partial charge in [-0.05, 0) is 47.2 Å². The predicted molar refractivity (Wildman–Crippen MR) is 73.6 cm³/mol. The molecule has 0 aliphatic rings. The molecule has 5 heteroatoms. The summed E-state index contributed by atoms with van der Waals surface area (Å²) in [5.41, 5.74) is 0.726. The van der Waals surface area contributed by atoms with Crippen molar-refractivity contribution < 1.29 is 14.3 Å². The Bertz CT molecular complexity index is 412. The highest BCUT2D eigenvalue weighted by molar-refractivity contribution is 9.10. The van der Waals surface area contributed by atoms with E-state index in [1.165, 1.54) is 0 Å². The van der Waals surface area contributed by atoms with Crippen molar-refractivity contribution in [3.63, 3.8) is 0 Å². The molecule has 0 bridgehead atoms. The molecular formula is C13H20BrNO3. The van der Waals surface area contributed by atoms with Crippen LogP contribution in [0.5, 0.6) is 0 Å². The highest BCUT2D eigenvalue weighted by Gasteiger charge is 2.17. The summed E-state index contributed by atoms with van der Waals surface area (Å²) in [6, 6.07) is 1.77. The smallest absolute Gasteiger partial charge is 0.287 e. The summed E-state index contributed by atoms with van der Waals surface area (Å²) in [7, 11) is 0. The molecule has 0 aliphatic heterocycles. The van der Waals surface area contributed by atoms with Gasteiger partial charge in [0.25, 0.3) is 5.91 Å². The minimum atomic E-state index is -0.194. The van der Waals surface area contributed by atoms with E-state index in [0.717, 1.165) is 18.4 Å². The summed E-state index contributed by atoms with van der Waals surface area (Å²) in [6.07, 6.45) is 1.70. The summed E-state index contributed by atoms with van der Waals surface area (Å²) in [6.45, 7) is 6.58. The van der Waals surface area contributed by atoms with Gasteiger partial charge in [-0.3, -0.25) is 4.79 Å². The molecule has 0 spiro atoms. The second-order valence-corrected chi connectivity index (χ2v) is 6.03. The third-order valence-electron chi connectivity index (χ3n) is 2.84. The molecule has 0 aromatic carbocycles. The van der Waals surface area contributed by atoms with Gasteiger partial charge in [-0.1, -0.05) is 13.8 Å². The first-order chi connectivity index (χ1) is 8.35. The zero-order valence-electron chi connectivity index (χ0n) is 11.0. The van der Waals surface area contributed by atoms with Gasteiger partial charge in [-0.2, -0.15) is 0 Å². The van der Waals surface area contributed by atoms with Gasteiger partial charge in [-0.25, -0.2) is 0 Å². The lowest BCUT2D eigenvalue weighted by molar-refractivity contribution is 0.0919. The van der Waals surface area contributed by atoms with E-state index in [-0.39, 0.29) is 17.9 Å². The average Bonchev–Trinajstić information content (AvgIpc) is 2.64. The Morgan fingerprint density at radius 3 is 2.72 bits per heavy atom. The Kier molecular flexibility index (Phi) is 5.41. The number of rotatable bonds is 6. The first-order valence-electron chi connectivity index (χ1n) is 6.01. The molecule has 1 amide bonds. The van der Waals surface area contributed by atoms with E-state index in [4.69, 9.17) is 9.52 Å². The van der Waals surface area contributed by atoms with Gasteiger partial charge in [-0.15, -0.1) is 0 Å². The molecule has 0 saturated heterocycles. The molecule has 0 radical (unpaired) electrons. The Balaban J connectivity index is 2.36. The third kappa shape index (κ3) is 4.46. The highest BCUT2D eigenvalue weighted by Crippen LogP contribution is 2.21. The fraction of sp³-hybridized carbons (Fsp3) is 0.615. The highest BCUT2D eigenvalue weighted by atomic mass is 79.9. The van der Waals surface area contributed by atoms with Gasteiger partial charge in [0.1, 0.15) is 0 Å². The van der Waals surface area contributed by atoms with Gasteiger partial charge in [0, 0.05) is 18.7 Å². The maximum atomic E-state index is 11.8. The Labute approximate surface area is 116 Å². The van der Waals surface area contributed by atoms with Crippen molar-refractivity contribution in [2.24, 2.45) is 5.41 Å². The summed E-state index contributed by atoms with van der Waals surface area (Å²) in [5, 5.41) is 11.9. The van der Waals surface area contributed by atoms with Crippen LogP contribution in [-0.2, 0) is 0 Å². The molecule has 0 saturated carbocycles. The number of amides is 1. The van der Waals surface area contributed by atoms with Crippen LogP contribution in [0.2, 0.25) is 0 Å². The van der Waals surface area contributed by atoms with Crippen molar-refractivity contribution >= 4 is 21.8 Å². The summed E-state index contributed by atoms with van der Waals surface area (Å²) >= 11 is 3.19. The van der Waals surface area contributed by atoms with E-state index < -0.39 is 0 Å². The van der Waals surface area contributed by atoms with Crippen LogP contribution >= 0.6 is 15.9 Å².